The Bertz CT molecular complexity index is 1020. The molecule has 0 fully saturated rings. The van der Waals surface area contributed by atoms with Crippen molar-refractivity contribution >= 4 is 33.3 Å². The van der Waals surface area contributed by atoms with Crippen LogP contribution in [0.5, 0.6) is 0 Å². The molecule has 1 amide bonds. The second-order valence-electron chi connectivity index (χ2n) is 6.78. The molecule has 27 heavy (non-hydrogen) atoms. The monoisotopic (exact) mass is 422 g/mol. The average molecular weight is 423 g/mol. The van der Waals surface area contributed by atoms with Gasteiger partial charge >= 0.3 is 0 Å². The van der Waals surface area contributed by atoms with Crippen molar-refractivity contribution in [3.63, 3.8) is 0 Å². The molecule has 1 aliphatic heterocycles. The van der Waals surface area contributed by atoms with Crippen molar-refractivity contribution in [2.45, 2.75) is 25.8 Å². The van der Waals surface area contributed by atoms with Crippen LogP contribution in [0.25, 0.3) is 0 Å². The Hall–Kier alpha value is -2.66. The van der Waals surface area contributed by atoms with Crippen molar-refractivity contribution in [2.75, 3.05) is 5.32 Å². The summed E-state index contributed by atoms with van der Waals surface area (Å²) in [6.07, 6.45) is 0.701. The molecule has 2 aromatic carbocycles. The van der Waals surface area contributed by atoms with Gasteiger partial charge in [0.15, 0.2) is 0 Å². The number of halogens is 1. The number of hydrogen-bond acceptors (Lipinski definition) is 2. The summed E-state index contributed by atoms with van der Waals surface area (Å²) in [6.45, 7) is 2.66. The molecule has 0 unspecified atom stereocenters. The second kappa shape index (κ2) is 7.16. The summed E-state index contributed by atoms with van der Waals surface area (Å²) >= 11 is 3.47. The van der Waals surface area contributed by atoms with Crippen LogP contribution in [-0.4, -0.2) is 16.3 Å². The minimum Gasteiger partial charge on any atom is -0.341 e. The van der Waals surface area contributed by atoms with E-state index in [-0.39, 0.29) is 17.6 Å². The van der Waals surface area contributed by atoms with Crippen LogP contribution in [0.4, 0.5) is 5.69 Å². The Morgan fingerprint density at radius 3 is 2.59 bits per heavy atom. The normalized spacial score (nSPS) is 15.4. The lowest BCUT2D eigenvalue weighted by molar-refractivity contribution is -0.117. The third-order valence-electron chi connectivity index (χ3n) is 5.02. The molecule has 0 radical (unpaired) electrons. The van der Waals surface area contributed by atoms with Crippen molar-refractivity contribution in [2.24, 2.45) is 0 Å². The molecule has 2 heterocycles. The topological polar surface area (TPSA) is 51.1 Å². The van der Waals surface area contributed by atoms with Crippen LogP contribution < -0.4 is 5.32 Å². The van der Waals surface area contributed by atoms with E-state index in [0.717, 1.165) is 21.4 Å². The van der Waals surface area contributed by atoms with Gasteiger partial charge in [0.25, 0.3) is 0 Å². The maximum Gasteiger partial charge on any atom is 0.233 e. The van der Waals surface area contributed by atoms with Crippen molar-refractivity contribution in [1.82, 2.24) is 4.57 Å². The quantitative estimate of drug-likeness (QED) is 0.606. The van der Waals surface area contributed by atoms with Crippen LogP contribution >= 0.6 is 15.9 Å². The molecule has 1 aliphatic rings. The molecule has 4 nitrogen and oxygen atoms in total. The zero-order valence-electron chi connectivity index (χ0n) is 14.9. The number of hydrogen-bond donors (Lipinski definition) is 1. The highest BCUT2D eigenvalue weighted by atomic mass is 79.9. The largest absolute Gasteiger partial charge is 0.341 e. The number of anilines is 1. The highest BCUT2D eigenvalue weighted by Crippen LogP contribution is 2.32. The van der Waals surface area contributed by atoms with Gasteiger partial charge in [0.2, 0.25) is 11.7 Å². The molecule has 1 atom stereocenters. The van der Waals surface area contributed by atoms with Gasteiger partial charge in [0, 0.05) is 28.0 Å². The van der Waals surface area contributed by atoms with Crippen molar-refractivity contribution in [3.8, 4) is 0 Å². The number of rotatable bonds is 4. The SMILES string of the molecule is Cc1cc(NC(=O)[C@H]2CCn3c(C(=O)c4ccccc4)ccc32)ccc1Br. The maximum atomic E-state index is 12.8. The Morgan fingerprint density at radius 1 is 1.07 bits per heavy atom. The molecule has 3 aromatic rings. The highest BCUT2D eigenvalue weighted by molar-refractivity contribution is 9.10. The first-order valence-corrected chi connectivity index (χ1v) is 9.70. The first-order valence-electron chi connectivity index (χ1n) is 8.91. The minimum absolute atomic E-state index is 0.00792. The van der Waals surface area contributed by atoms with Gasteiger partial charge in [-0.25, -0.2) is 0 Å². The summed E-state index contributed by atoms with van der Waals surface area (Å²) in [5.41, 5.74) is 4.06. The number of fused-ring (bicyclic) bond motifs is 1. The van der Waals surface area contributed by atoms with E-state index in [1.807, 2.05) is 72.2 Å². The lowest BCUT2D eigenvalue weighted by Crippen LogP contribution is -2.19. The van der Waals surface area contributed by atoms with Gasteiger partial charge in [-0.3, -0.25) is 9.59 Å². The first-order chi connectivity index (χ1) is 13.0. The summed E-state index contributed by atoms with van der Waals surface area (Å²) in [7, 11) is 0. The highest BCUT2D eigenvalue weighted by Gasteiger charge is 2.32. The lowest BCUT2D eigenvalue weighted by Gasteiger charge is -2.12. The number of nitrogens with one attached hydrogen (secondary N) is 1. The zero-order valence-corrected chi connectivity index (χ0v) is 16.5. The van der Waals surface area contributed by atoms with E-state index in [2.05, 4.69) is 21.2 Å². The van der Waals surface area contributed by atoms with Crippen LogP contribution in [0.2, 0.25) is 0 Å². The van der Waals surface area contributed by atoms with E-state index in [4.69, 9.17) is 0 Å². The van der Waals surface area contributed by atoms with Crippen LogP contribution in [-0.2, 0) is 11.3 Å². The standard InChI is InChI=1S/C22H19BrN2O2/c1-14-13-16(7-8-18(14)23)24-22(27)17-11-12-25-19(17)9-10-20(25)21(26)15-5-3-2-4-6-15/h2-10,13,17H,11-12H2,1H3,(H,24,27)/t17-/m0/s1. The summed E-state index contributed by atoms with van der Waals surface area (Å²) in [5, 5.41) is 3.00. The van der Waals surface area contributed by atoms with Gasteiger partial charge in [-0.2, -0.15) is 0 Å². The van der Waals surface area contributed by atoms with E-state index in [9.17, 15) is 9.59 Å². The number of amides is 1. The van der Waals surface area contributed by atoms with E-state index in [0.29, 0.717) is 24.2 Å². The van der Waals surface area contributed by atoms with Crippen LogP contribution in [0.3, 0.4) is 0 Å². The van der Waals surface area contributed by atoms with Gasteiger partial charge in [0.05, 0.1) is 11.6 Å². The fraction of sp³-hybridized carbons (Fsp3) is 0.182. The molecule has 1 N–H and O–H groups in total. The number of ketones is 1. The van der Waals surface area contributed by atoms with Gasteiger partial charge in [-0.05, 0) is 49.2 Å². The van der Waals surface area contributed by atoms with Crippen LogP contribution in [0.1, 0.15) is 39.6 Å². The number of nitrogens with zero attached hydrogens (tertiary/aromatic N) is 1. The van der Waals surface area contributed by atoms with Crippen LogP contribution in [0, 0.1) is 6.92 Å². The Labute approximate surface area is 166 Å². The summed E-state index contributed by atoms with van der Waals surface area (Å²) < 4.78 is 2.99. The number of aromatic nitrogens is 1. The van der Waals surface area contributed by atoms with E-state index in [1.165, 1.54) is 0 Å². The molecular weight excluding hydrogens is 404 g/mol. The summed E-state index contributed by atoms with van der Waals surface area (Å²) in [4.78, 5) is 25.6. The van der Waals surface area contributed by atoms with Gasteiger partial charge in [-0.1, -0.05) is 46.3 Å². The number of aryl methyl sites for hydroxylation is 1. The molecule has 4 rings (SSSR count). The molecular formula is C22H19BrN2O2. The van der Waals surface area contributed by atoms with E-state index >= 15 is 0 Å². The molecule has 0 saturated heterocycles. The lowest BCUT2D eigenvalue weighted by atomic mass is 10.0. The Balaban J connectivity index is 1.55. The van der Waals surface area contributed by atoms with Crippen molar-refractivity contribution in [1.29, 1.82) is 0 Å². The predicted molar refractivity (Wildman–Crippen MR) is 109 cm³/mol. The molecule has 0 saturated carbocycles. The molecule has 5 heteroatoms. The fourth-order valence-corrected chi connectivity index (χ4v) is 3.84. The second-order valence-corrected chi connectivity index (χ2v) is 7.64. The van der Waals surface area contributed by atoms with Gasteiger partial charge < -0.3 is 9.88 Å². The Morgan fingerprint density at radius 2 is 1.85 bits per heavy atom. The number of carbonyl (C=O) groups excluding carboxylic acids is 2. The van der Waals surface area contributed by atoms with Gasteiger partial charge in [-0.15, -0.1) is 0 Å². The summed E-state index contributed by atoms with van der Waals surface area (Å²) in [6, 6.07) is 18.7. The molecule has 0 spiro atoms. The van der Waals surface area contributed by atoms with Gasteiger partial charge in [0.1, 0.15) is 0 Å². The van der Waals surface area contributed by atoms with Crippen molar-refractivity contribution in [3.05, 3.63) is 87.7 Å². The third kappa shape index (κ3) is 3.35. The molecule has 0 aliphatic carbocycles. The Kier molecular flexibility index (Phi) is 4.70. The molecule has 1 aromatic heterocycles. The van der Waals surface area contributed by atoms with Crippen LogP contribution in [0.15, 0.2) is 65.1 Å². The predicted octanol–water partition coefficient (Wildman–Crippen LogP) is 4.92. The fourth-order valence-electron chi connectivity index (χ4n) is 3.60. The average Bonchev–Trinajstić information content (AvgIpc) is 3.27. The van der Waals surface area contributed by atoms with E-state index < -0.39 is 0 Å². The first kappa shape index (κ1) is 17.7. The smallest absolute Gasteiger partial charge is 0.233 e. The number of benzene rings is 2. The van der Waals surface area contributed by atoms with E-state index in [1.54, 1.807) is 0 Å². The summed E-state index contributed by atoms with van der Waals surface area (Å²) in [5.74, 6) is -0.287. The minimum atomic E-state index is -0.244. The van der Waals surface area contributed by atoms with Crippen molar-refractivity contribution < 1.29 is 9.59 Å². The molecule has 0 bridgehead atoms. The third-order valence-corrected chi connectivity index (χ3v) is 5.91. The maximum absolute atomic E-state index is 12.8. The molecule has 136 valence electrons. The number of carbonyl (C=O) groups is 2. The zero-order chi connectivity index (χ0) is 19.0.